The smallest absolute Gasteiger partial charge is 0.165 e. The van der Waals surface area contributed by atoms with Crippen molar-refractivity contribution in [3.05, 3.63) is 80.6 Å². The molecule has 0 aliphatic heterocycles. The zero-order chi connectivity index (χ0) is 22.3. The highest BCUT2D eigenvalue weighted by Crippen LogP contribution is 2.35. The molecule has 0 bridgehead atoms. The van der Waals surface area contributed by atoms with Crippen LogP contribution in [-0.4, -0.2) is 14.6 Å². The molecule has 1 N–H and O–H groups in total. The van der Waals surface area contributed by atoms with Gasteiger partial charge in [0.2, 0.25) is 0 Å². The van der Waals surface area contributed by atoms with Crippen LogP contribution in [0.1, 0.15) is 37.7 Å². The maximum atomic E-state index is 6.52. The first kappa shape index (κ1) is 21.9. The van der Waals surface area contributed by atoms with E-state index in [1.165, 1.54) is 0 Å². The summed E-state index contributed by atoms with van der Waals surface area (Å²) in [5, 5.41) is 10.2. The number of halogens is 3. The number of nitrogens with one attached hydrogen (secondary N) is 1. The number of rotatable bonds is 4. The summed E-state index contributed by atoms with van der Waals surface area (Å²) in [4.78, 5) is 4.99. The molecule has 0 spiro atoms. The summed E-state index contributed by atoms with van der Waals surface area (Å²) in [5.74, 6) is 0.836. The number of nitrogens with zero attached hydrogens (tertiary/aromatic N) is 3. The number of aryl methyl sites for hydroxylation is 1. The number of hydrogen-bond donors (Lipinski definition) is 1. The van der Waals surface area contributed by atoms with E-state index in [2.05, 4.69) is 26.1 Å². The van der Waals surface area contributed by atoms with Gasteiger partial charge in [-0.05, 0) is 30.7 Å². The molecular formula is C24H23Cl3N4. The molecule has 2 aromatic carbocycles. The Balaban J connectivity index is 1.87. The van der Waals surface area contributed by atoms with Crippen LogP contribution < -0.4 is 5.32 Å². The summed E-state index contributed by atoms with van der Waals surface area (Å²) in [5.41, 5.74) is 5.24. The number of hydrogen-bond acceptors (Lipinski definition) is 3. The van der Waals surface area contributed by atoms with Crippen LogP contribution in [0.15, 0.2) is 48.5 Å². The second-order valence-electron chi connectivity index (χ2n) is 8.54. The minimum Gasteiger partial charge on any atom is -0.366 e. The molecular weight excluding hydrogens is 451 g/mol. The van der Waals surface area contributed by atoms with Crippen molar-refractivity contribution in [2.24, 2.45) is 0 Å². The van der Waals surface area contributed by atoms with Crippen LogP contribution in [0.4, 0.5) is 5.82 Å². The van der Waals surface area contributed by atoms with Gasteiger partial charge >= 0.3 is 0 Å². The highest BCUT2D eigenvalue weighted by atomic mass is 35.5. The summed E-state index contributed by atoms with van der Waals surface area (Å²) < 4.78 is 1.84. The molecule has 4 rings (SSSR count). The topological polar surface area (TPSA) is 42.2 Å². The number of aromatic nitrogens is 3. The lowest BCUT2D eigenvalue weighted by atomic mass is 9.92. The van der Waals surface area contributed by atoms with Gasteiger partial charge in [-0.1, -0.05) is 79.8 Å². The van der Waals surface area contributed by atoms with Crippen LogP contribution in [0.3, 0.4) is 0 Å². The molecule has 0 fully saturated rings. The molecule has 2 heterocycles. The maximum absolute atomic E-state index is 6.52. The van der Waals surface area contributed by atoms with Crippen molar-refractivity contribution in [2.45, 2.75) is 39.7 Å². The Kier molecular flexibility index (Phi) is 5.91. The van der Waals surface area contributed by atoms with Gasteiger partial charge in [0.15, 0.2) is 5.65 Å². The molecule has 0 atom stereocenters. The number of fused-ring (bicyclic) bond motifs is 1. The normalized spacial score (nSPS) is 11.8. The van der Waals surface area contributed by atoms with Crippen molar-refractivity contribution in [1.29, 1.82) is 0 Å². The van der Waals surface area contributed by atoms with Gasteiger partial charge < -0.3 is 5.32 Å². The van der Waals surface area contributed by atoms with Crippen LogP contribution in [0.25, 0.3) is 16.8 Å². The summed E-state index contributed by atoms with van der Waals surface area (Å²) in [6.07, 6.45) is 0. The van der Waals surface area contributed by atoms with Crippen LogP contribution in [0, 0.1) is 6.92 Å². The van der Waals surface area contributed by atoms with Gasteiger partial charge in [0, 0.05) is 38.7 Å². The van der Waals surface area contributed by atoms with E-state index in [0.29, 0.717) is 21.6 Å². The molecule has 0 unspecified atom stereocenters. The zero-order valence-electron chi connectivity index (χ0n) is 17.8. The Morgan fingerprint density at radius 3 is 2.39 bits per heavy atom. The van der Waals surface area contributed by atoms with E-state index in [-0.39, 0.29) is 5.41 Å². The van der Waals surface area contributed by atoms with Crippen LogP contribution >= 0.6 is 34.8 Å². The quantitative estimate of drug-likeness (QED) is 0.332. The van der Waals surface area contributed by atoms with Gasteiger partial charge in [-0.15, -0.1) is 0 Å². The third kappa shape index (κ3) is 4.38. The molecule has 0 saturated carbocycles. The lowest BCUT2D eigenvalue weighted by Gasteiger charge is -2.20. The second kappa shape index (κ2) is 8.34. The van der Waals surface area contributed by atoms with Gasteiger partial charge in [-0.3, -0.25) is 0 Å². The third-order valence-corrected chi connectivity index (χ3v) is 6.07. The monoisotopic (exact) mass is 472 g/mol. The van der Waals surface area contributed by atoms with Crippen molar-refractivity contribution in [1.82, 2.24) is 14.6 Å². The molecule has 0 aliphatic carbocycles. The SMILES string of the molecule is Cc1nn2c(NCc3ccc(Cl)cc3Cl)cc(C(C)(C)C)nc2c1-c1ccccc1Cl. The molecule has 0 amide bonds. The van der Waals surface area contributed by atoms with Gasteiger partial charge in [-0.2, -0.15) is 9.61 Å². The summed E-state index contributed by atoms with van der Waals surface area (Å²) in [7, 11) is 0. The van der Waals surface area contributed by atoms with Crippen molar-refractivity contribution >= 4 is 46.3 Å². The number of benzene rings is 2. The van der Waals surface area contributed by atoms with E-state index in [0.717, 1.165) is 39.5 Å². The largest absolute Gasteiger partial charge is 0.366 e. The molecule has 2 aromatic heterocycles. The summed E-state index contributed by atoms with van der Waals surface area (Å²) >= 11 is 18.9. The van der Waals surface area contributed by atoms with Crippen LogP contribution in [-0.2, 0) is 12.0 Å². The Morgan fingerprint density at radius 2 is 1.71 bits per heavy atom. The minimum absolute atomic E-state index is 0.147. The van der Waals surface area contributed by atoms with Crippen molar-refractivity contribution in [2.75, 3.05) is 5.32 Å². The first-order chi connectivity index (χ1) is 14.6. The predicted molar refractivity (Wildman–Crippen MR) is 131 cm³/mol. The highest BCUT2D eigenvalue weighted by Gasteiger charge is 2.23. The van der Waals surface area contributed by atoms with Crippen LogP contribution in [0.2, 0.25) is 15.1 Å². The maximum Gasteiger partial charge on any atom is 0.165 e. The average molecular weight is 474 g/mol. The molecule has 7 heteroatoms. The molecule has 0 radical (unpaired) electrons. The van der Waals surface area contributed by atoms with Gasteiger partial charge in [0.05, 0.1) is 17.0 Å². The predicted octanol–water partition coefficient (Wildman–Crippen LogP) is 7.57. The van der Waals surface area contributed by atoms with Gasteiger partial charge in [0.25, 0.3) is 0 Å². The Morgan fingerprint density at radius 1 is 0.968 bits per heavy atom. The Labute approximate surface area is 197 Å². The second-order valence-corrected chi connectivity index (χ2v) is 9.79. The van der Waals surface area contributed by atoms with E-state index >= 15 is 0 Å². The molecule has 4 aromatic rings. The van der Waals surface area contributed by atoms with E-state index in [1.807, 2.05) is 53.9 Å². The first-order valence-electron chi connectivity index (χ1n) is 9.98. The molecule has 160 valence electrons. The molecule has 4 nitrogen and oxygen atoms in total. The zero-order valence-corrected chi connectivity index (χ0v) is 20.1. The molecule has 31 heavy (non-hydrogen) atoms. The standard InChI is InChI=1S/C24H23Cl3N4/c1-14-22(17-7-5-6-8-18(17)26)23-29-20(24(2,3)4)12-21(31(23)30-14)28-13-15-9-10-16(25)11-19(15)27/h5-12,28H,13H2,1-4H3. The van der Waals surface area contributed by atoms with E-state index in [1.54, 1.807) is 6.07 Å². The lowest BCUT2D eigenvalue weighted by molar-refractivity contribution is 0.568. The van der Waals surface area contributed by atoms with Crippen molar-refractivity contribution < 1.29 is 0 Å². The third-order valence-electron chi connectivity index (χ3n) is 5.15. The fraction of sp³-hybridized carbons (Fsp3) is 0.250. The fourth-order valence-electron chi connectivity index (χ4n) is 3.46. The number of anilines is 1. The van der Waals surface area contributed by atoms with Crippen molar-refractivity contribution in [3.63, 3.8) is 0 Å². The lowest BCUT2D eigenvalue weighted by Crippen LogP contribution is -2.16. The average Bonchev–Trinajstić information content (AvgIpc) is 3.03. The van der Waals surface area contributed by atoms with Crippen molar-refractivity contribution in [3.8, 4) is 11.1 Å². The van der Waals surface area contributed by atoms with Crippen LogP contribution in [0.5, 0.6) is 0 Å². The fourth-order valence-corrected chi connectivity index (χ4v) is 4.17. The Bertz CT molecular complexity index is 1270. The van der Waals surface area contributed by atoms with Gasteiger partial charge in [0.1, 0.15) is 5.82 Å². The van der Waals surface area contributed by atoms with E-state index < -0.39 is 0 Å². The van der Waals surface area contributed by atoms with E-state index in [9.17, 15) is 0 Å². The highest BCUT2D eigenvalue weighted by molar-refractivity contribution is 6.35. The van der Waals surface area contributed by atoms with Gasteiger partial charge in [-0.25, -0.2) is 4.98 Å². The molecule has 0 aliphatic rings. The molecule has 0 saturated heterocycles. The first-order valence-corrected chi connectivity index (χ1v) is 11.1. The summed E-state index contributed by atoms with van der Waals surface area (Å²) in [6, 6.07) is 15.3. The minimum atomic E-state index is -0.147. The van der Waals surface area contributed by atoms with E-state index in [4.69, 9.17) is 44.9 Å². The summed E-state index contributed by atoms with van der Waals surface area (Å²) in [6.45, 7) is 8.93. The Hall–Kier alpha value is -2.27.